The Bertz CT molecular complexity index is 2010. The maximum atomic E-state index is 13.1. The van der Waals surface area contributed by atoms with Crippen LogP contribution in [0.15, 0.2) is 119 Å². The molecule has 0 amide bonds. The van der Waals surface area contributed by atoms with E-state index < -0.39 is 43.8 Å². The molecule has 12 nitrogen and oxygen atoms in total. The molecule has 2 heterocycles. The van der Waals surface area contributed by atoms with Gasteiger partial charge in [-0.15, -0.1) is 0 Å². The third-order valence-electron chi connectivity index (χ3n) is 11.0. The monoisotopic (exact) mass is 832 g/mol. The topological polar surface area (TPSA) is 168 Å². The second-order valence-corrected chi connectivity index (χ2v) is 19.5. The van der Waals surface area contributed by atoms with Gasteiger partial charge in [-0.05, 0) is 110 Å². The molecular formula is C44H52N2O10S2. The number of β-amino-alcohol motifs (C(OH)–C–C–N with tert-alkyl or cyclic N) is 2. The molecule has 2 fully saturated rings. The molecule has 2 aliphatic heterocycles. The van der Waals surface area contributed by atoms with Gasteiger partial charge < -0.3 is 19.7 Å². The van der Waals surface area contributed by atoms with Crippen LogP contribution < -0.4 is 9.47 Å². The highest BCUT2D eigenvalue weighted by Crippen LogP contribution is 2.25. The minimum Gasteiger partial charge on any atom is -0.427 e. The normalized spacial score (nSPS) is 20.7. The molecule has 4 aromatic rings. The Kier molecular flexibility index (Phi) is 14.9. The van der Waals surface area contributed by atoms with E-state index in [4.69, 9.17) is 9.47 Å². The van der Waals surface area contributed by atoms with Crippen molar-refractivity contribution in [1.82, 2.24) is 9.80 Å². The number of likely N-dealkylation sites (tertiary alicyclic amines) is 2. The molecule has 2 saturated heterocycles. The van der Waals surface area contributed by atoms with Crippen LogP contribution in [0.25, 0.3) is 0 Å². The van der Waals surface area contributed by atoms with Crippen LogP contribution >= 0.6 is 0 Å². The third-order valence-corrected chi connectivity index (χ3v) is 14.4. The molecule has 4 atom stereocenters. The maximum absolute atomic E-state index is 13.1. The molecular weight excluding hydrogens is 781 g/mol. The largest absolute Gasteiger partial charge is 0.427 e. The van der Waals surface area contributed by atoms with Crippen LogP contribution in [0.5, 0.6) is 11.5 Å². The molecule has 4 aromatic carbocycles. The summed E-state index contributed by atoms with van der Waals surface area (Å²) in [5.41, 5.74) is 2.34. The van der Waals surface area contributed by atoms with Crippen LogP contribution in [0.4, 0.5) is 0 Å². The molecule has 0 aromatic heterocycles. The van der Waals surface area contributed by atoms with Gasteiger partial charge in [0.15, 0.2) is 19.7 Å². The van der Waals surface area contributed by atoms with Gasteiger partial charge in [0.1, 0.15) is 11.5 Å². The molecule has 14 heteroatoms. The Labute approximate surface area is 341 Å². The summed E-state index contributed by atoms with van der Waals surface area (Å²) in [6, 6.07) is 31.0. The smallest absolute Gasteiger partial charge is 0.311 e. The fourth-order valence-corrected chi connectivity index (χ4v) is 10.1. The number of hydrogen-bond donors (Lipinski definition) is 2. The summed E-state index contributed by atoms with van der Waals surface area (Å²) in [5.74, 6) is -1.16. The van der Waals surface area contributed by atoms with Crippen molar-refractivity contribution < 1.29 is 46.1 Å². The lowest BCUT2D eigenvalue weighted by Crippen LogP contribution is -2.46. The van der Waals surface area contributed by atoms with Gasteiger partial charge >= 0.3 is 11.9 Å². The standard InChI is InChI=1S/C44H52N2O10S2/c47-41-31-45(23-21-35(41)29-33-7-3-1-4-8-33)25-27-57(51,52)39-15-11-37(12-16-39)55-43(49)19-20-44(50)56-38-13-17-40(18-14-38)58(53,54)28-26-46-24-22-36(42(48)32-46)30-34-9-5-2-6-10-34/h1-18,35-36,41-42,47-48H,19-32H2. The summed E-state index contributed by atoms with van der Waals surface area (Å²) in [4.78, 5) is 29.0. The summed E-state index contributed by atoms with van der Waals surface area (Å²) >= 11 is 0. The quantitative estimate of drug-likeness (QED) is 0.114. The molecule has 58 heavy (non-hydrogen) atoms. The Balaban J connectivity index is 0.876. The SMILES string of the molecule is O=C(CCC(=O)Oc1ccc(S(=O)(=O)CCN2CCC(Cc3ccccc3)C(O)C2)cc1)Oc1ccc(S(=O)(=O)CCN2CCC(Cc3ccccc3)C(O)C2)cc1. The van der Waals surface area contributed by atoms with Crippen LogP contribution in [0.3, 0.4) is 0 Å². The summed E-state index contributed by atoms with van der Waals surface area (Å²) < 4.78 is 62.8. The molecule has 4 unspecified atom stereocenters. The van der Waals surface area contributed by atoms with E-state index in [1.165, 1.54) is 59.7 Å². The molecule has 0 saturated carbocycles. The van der Waals surface area contributed by atoms with Gasteiger partial charge in [-0.25, -0.2) is 16.8 Å². The summed E-state index contributed by atoms with van der Waals surface area (Å²) in [7, 11) is -7.27. The molecule has 6 rings (SSSR count). The Morgan fingerprint density at radius 1 is 0.552 bits per heavy atom. The summed E-state index contributed by atoms with van der Waals surface area (Å²) in [6.07, 6.45) is 1.45. The zero-order valence-corrected chi connectivity index (χ0v) is 34.1. The lowest BCUT2D eigenvalue weighted by atomic mass is 9.88. The fourth-order valence-electron chi connectivity index (χ4n) is 7.54. The van der Waals surface area contributed by atoms with Gasteiger partial charge in [0, 0.05) is 26.2 Å². The van der Waals surface area contributed by atoms with Crippen LogP contribution in [-0.2, 0) is 42.1 Å². The van der Waals surface area contributed by atoms with E-state index in [2.05, 4.69) is 0 Å². The van der Waals surface area contributed by atoms with E-state index in [0.29, 0.717) is 26.2 Å². The number of aliphatic hydroxyl groups excluding tert-OH is 2. The first-order valence-electron chi connectivity index (χ1n) is 19.8. The number of hydrogen-bond acceptors (Lipinski definition) is 12. The number of esters is 2. The highest BCUT2D eigenvalue weighted by molar-refractivity contribution is 7.91. The minimum absolute atomic E-state index is 0.0869. The lowest BCUT2D eigenvalue weighted by Gasteiger charge is -2.36. The number of aliphatic hydroxyl groups is 2. The lowest BCUT2D eigenvalue weighted by molar-refractivity contribution is -0.140. The van der Waals surface area contributed by atoms with Gasteiger partial charge in [0.25, 0.3) is 0 Å². The molecule has 0 aliphatic carbocycles. The van der Waals surface area contributed by atoms with Crippen molar-refractivity contribution in [1.29, 1.82) is 0 Å². The molecule has 0 radical (unpaired) electrons. The van der Waals surface area contributed by atoms with Crippen molar-refractivity contribution >= 4 is 31.6 Å². The predicted octanol–water partition coefficient (Wildman–Crippen LogP) is 4.38. The van der Waals surface area contributed by atoms with Crippen molar-refractivity contribution in [2.45, 2.75) is 60.5 Å². The Hall–Kier alpha value is -4.44. The zero-order valence-electron chi connectivity index (χ0n) is 32.5. The van der Waals surface area contributed by atoms with Gasteiger partial charge in [-0.2, -0.15) is 0 Å². The van der Waals surface area contributed by atoms with Crippen molar-refractivity contribution in [3.63, 3.8) is 0 Å². The highest BCUT2D eigenvalue weighted by Gasteiger charge is 2.30. The first-order chi connectivity index (χ1) is 27.8. The number of sulfone groups is 2. The minimum atomic E-state index is -3.64. The molecule has 2 N–H and O–H groups in total. The maximum Gasteiger partial charge on any atom is 0.311 e. The van der Waals surface area contributed by atoms with Crippen molar-refractivity contribution in [2.75, 3.05) is 50.8 Å². The van der Waals surface area contributed by atoms with E-state index in [1.54, 1.807) is 0 Å². The van der Waals surface area contributed by atoms with E-state index in [0.717, 1.165) is 25.7 Å². The second kappa shape index (κ2) is 20.0. The molecule has 2 aliphatic rings. The number of benzene rings is 4. The number of ether oxygens (including phenoxy) is 2. The highest BCUT2D eigenvalue weighted by atomic mass is 32.2. The van der Waals surface area contributed by atoms with Crippen LogP contribution in [0.2, 0.25) is 0 Å². The summed E-state index contributed by atoms with van der Waals surface area (Å²) in [5, 5.41) is 21.4. The van der Waals surface area contributed by atoms with Gasteiger partial charge in [-0.1, -0.05) is 60.7 Å². The Morgan fingerprint density at radius 3 is 1.26 bits per heavy atom. The van der Waals surface area contributed by atoms with Crippen molar-refractivity contribution in [3.8, 4) is 11.5 Å². The number of nitrogens with zero attached hydrogens (tertiary/aromatic N) is 2. The van der Waals surface area contributed by atoms with Crippen LogP contribution in [0.1, 0.15) is 36.8 Å². The molecule has 0 spiro atoms. The van der Waals surface area contributed by atoms with E-state index in [9.17, 15) is 36.6 Å². The van der Waals surface area contributed by atoms with E-state index in [-0.39, 0.29) is 70.6 Å². The van der Waals surface area contributed by atoms with Crippen molar-refractivity contribution in [2.24, 2.45) is 11.8 Å². The zero-order chi connectivity index (χ0) is 41.1. The average molecular weight is 833 g/mol. The first-order valence-corrected chi connectivity index (χ1v) is 23.1. The number of piperidine rings is 2. The van der Waals surface area contributed by atoms with Crippen LogP contribution in [-0.4, -0.2) is 112 Å². The molecule has 310 valence electrons. The average Bonchev–Trinajstić information content (AvgIpc) is 3.21. The number of rotatable bonds is 17. The van der Waals surface area contributed by atoms with E-state index in [1.807, 2.05) is 70.5 Å². The van der Waals surface area contributed by atoms with E-state index >= 15 is 0 Å². The van der Waals surface area contributed by atoms with Crippen LogP contribution in [0, 0.1) is 11.8 Å². The second-order valence-electron chi connectivity index (χ2n) is 15.2. The van der Waals surface area contributed by atoms with Gasteiger partial charge in [0.05, 0.1) is 46.3 Å². The summed E-state index contributed by atoms with van der Waals surface area (Å²) in [6.45, 7) is 2.80. The van der Waals surface area contributed by atoms with Crippen molar-refractivity contribution in [3.05, 3.63) is 120 Å². The van der Waals surface area contributed by atoms with Gasteiger partial charge in [0.2, 0.25) is 0 Å². The fraction of sp³-hybridized carbons (Fsp3) is 0.409. The number of carbonyl (C=O) groups excluding carboxylic acids is 2. The third kappa shape index (κ3) is 12.5. The predicted molar refractivity (Wildman–Crippen MR) is 219 cm³/mol. The van der Waals surface area contributed by atoms with Gasteiger partial charge in [-0.3, -0.25) is 19.4 Å². The number of carbonyl (C=O) groups is 2. The first kappa shape index (κ1) is 43.1. The Morgan fingerprint density at radius 2 is 0.914 bits per heavy atom. The molecule has 0 bridgehead atoms.